The summed E-state index contributed by atoms with van der Waals surface area (Å²) in [6.45, 7) is 11.0. The summed E-state index contributed by atoms with van der Waals surface area (Å²) >= 11 is 1.81. The van der Waals surface area contributed by atoms with E-state index in [1.165, 1.54) is 4.88 Å². The van der Waals surface area contributed by atoms with Gasteiger partial charge >= 0.3 is 0 Å². The number of rotatable bonds is 6. The molecule has 2 atom stereocenters. The maximum absolute atomic E-state index is 12.3. The van der Waals surface area contributed by atoms with E-state index < -0.39 is 0 Å². The highest BCUT2D eigenvalue weighted by atomic mass is 32.1. The number of Topliss-reactive ketones (excluding diaryl/α,β-unsaturated/α-hetero) is 1. The quantitative estimate of drug-likeness (QED) is 0.765. The van der Waals surface area contributed by atoms with Crippen LogP contribution >= 0.6 is 11.3 Å². The lowest BCUT2D eigenvalue weighted by atomic mass is 9.75. The molecule has 1 heterocycles. The Kier molecular flexibility index (Phi) is 6.00. The molecule has 2 unspecified atom stereocenters. The molecule has 1 fully saturated rings. The molecule has 0 N–H and O–H groups in total. The van der Waals surface area contributed by atoms with Gasteiger partial charge in [-0.1, -0.05) is 19.9 Å². The van der Waals surface area contributed by atoms with Crippen molar-refractivity contribution in [1.82, 2.24) is 4.90 Å². The molecular weight excluding hydrogens is 278 g/mol. The molecule has 2 nitrogen and oxygen atoms in total. The summed E-state index contributed by atoms with van der Waals surface area (Å²) in [6.07, 6.45) is 2.97. The molecule has 2 rings (SSSR count). The van der Waals surface area contributed by atoms with Crippen LogP contribution in [-0.4, -0.2) is 23.3 Å². The van der Waals surface area contributed by atoms with Gasteiger partial charge in [0.1, 0.15) is 5.78 Å². The van der Waals surface area contributed by atoms with Crippen molar-refractivity contribution < 1.29 is 4.79 Å². The van der Waals surface area contributed by atoms with Gasteiger partial charge in [0.25, 0.3) is 0 Å². The van der Waals surface area contributed by atoms with E-state index in [0.717, 1.165) is 38.3 Å². The zero-order chi connectivity index (χ0) is 15.4. The number of carbonyl (C=O) groups excluding carboxylic acids is 1. The van der Waals surface area contributed by atoms with Crippen LogP contribution in [0.4, 0.5) is 0 Å². The van der Waals surface area contributed by atoms with E-state index in [1.54, 1.807) is 0 Å². The Morgan fingerprint density at radius 1 is 1.33 bits per heavy atom. The SMILES string of the molecule is CC(C)C1CCC(=O)C(CN(Cc2cccs2)C(C)C)C1. The predicted molar refractivity (Wildman–Crippen MR) is 90.5 cm³/mol. The highest BCUT2D eigenvalue weighted by Gasteiger charge is 2.31. The van der Waals surface area contributed by atoms with Crippen molar-refractivity contribution in [2.75, 3.05) is 6.54 Å². The minimum Gasteiger partial charge on any atom is -0.299 e. The average molecular weight is 308 g/mol. The van der Waals surface area contributed by atoms with Crippen LogP contribution in [0.5, 0.6) is 0 Å². The molecule has 0 aromatic carbocycles. The van der Waals surface area contributed by atoms with Gasteiger partial charge < -0.3 is 0 Å². The Hall–Kier alpha value is -0.670. The van der Waals surface area contributed by atoms with Gasteiger partial charge in [0.15, 0.2) is 0 Å². The minimum absolute atomic E-state index is 0.244. The van der Waals surface area contributed by atoms with Gasteiger partial charge in [-0.2, -0.15) is 0 Å². The standard InChI is InChI=1S/C18H29NOS/c1-13(2)15-7-8-18(20)16(10-15)11-19(14(3)4)12-17-6-5-9-21-17/h5-6,9,13-16H,7-8,10-12H2,1-4H3. The molecule has 0 bridgehead atoms. The minimum atomic E-state index is 0.244. The lowest BCUT2D eigenvalue weighted by molar-refractivity contribution is -0.127. The molecule has 1 aliphatic rings. The number of thiophene rings is 1. The summed E-state index contributed by atoms with van der Waals surface area (Å²) in [5.41, 5.74) is 0. The Morgan fingerprint density at radius 3 is 2.67 bits per heavy atom. The van der Waals surface area contributed by atoms with Gasteiger partial charge in [0.2, 0.25) is 0 Å². The second-order valence-corrected chi connectivity index (χ2v) is 8.08. The van der Waals surface area contributed by atoms with Crippen molar-refractivity contribution in [2.24, 2.45) is 17.8 Å². The average Bonchev–Trinajstić information content (AvgIpc) is 2.92. The van der Waals surface area contributed by atoms with Gasteiger partial charge in [-0.15, -0.1) is 11.3 Å². The third kappa shape index (κ3) is 4.65. The van der Waals surface area contributed by atoms with Crippen LogP contribution in [0.1, 0.15) is 51.8 Å². The fourth-order valence-electron chi connectivity index (χ4n) is 3.27. The first kappa shape index (κ1) is 16.7. The summed E-state index contributed by atoms with van der Waals surface area (Å²) in [4.78, 5) is 16.2. The van der Waals surface area contributed by atoms with Crippen molar-refractivity contribution in [1.29, 1.82) is 0 Å². The maximum Gasteiger partial charge on any atom is 0.137 e. The second-order valence-electron chi connectivity index (χ2n) is 7.04. The smallest absolute Gasteiger partial charge is 0.137 e. The van der Waals surface area contributed by atoms with Crippen LogP contribution in [0.2, 0.25) is 0 Å². The Balaban J connectivity index is 1.99. The molecule has 3 heteroatoms. The zero-order valence-electron chi connectivity index (χ0n) is 13.8. The van der Waals surface area contributed by atoms with E-state index in [4.69, 9.17) is 0 Å². The van der Waals surface area contributed by atoms with Crippen LogP contribution < -0.4 is 0 Å². The van der Waals surface area contributed by atoms with Crippen molar-refractivity contribution in [3.05, 3.63) is 22.4 Å². The molecule has 0 aliphatic heterocycles. The van der Waals surface area contributed by atoms with Crippen LogP contribution in [0.15, 0.2) is 17.5 Å². The molecule has 1 aromatic heterocycles. The second kappa shape index (κ2) is 7.55. The number of carbonyl (C=O) groups is 1. The van der Waals surface area contributed by atoms with E-state index >= 15 is 0 Å². The number of nitrogens with zero attached hydrogens (tertiary/aromatic N) is 1. The number of ketones is 1. The zero-order valence-corrected chi connectivity index (χ0v) is 14.7. The number of hydrogen-bond donors (Lipinski definition) is 0. The largest absolute Gasteiger partial charge is 0.299 e. The third-order valence-corrected chi connectivity index (χ3v) is 5.73. The Bertz CT molecular complexity index is 438. The van der Waals surface area contributed by atoms with Crippen molar-refractivity contribution in [3.63, 3.8) is 0 Å². The van der Waals surface area contributed by atoms with Crippen molar-refractivity contribution in [3.8, 4) is 0 Å². The fraction of sp³-hybridized carbons (Fsp3) is 0.722. The summed E-state index contributed by atoms with van der Waals surface area (Å²) in [6, 6.07) is 4.79. The molecule has 0 radical (unpaired) electrons. The molecule has 1 saturated carbocycles. The van der Waals surface area contributed by atoms with Crippen LogP contribution in [0.25, 0.3) is 0 Å². The third-order valence-electron chi connectivity index (χ3n) is 4.87. The molecule has 118 valence electrons. The van der Waals surface area contributed by atoms with E-state index in [1.807, 2.05) is 11.3 Å². The van der Waals surface area contributed by atoms with Gasteiger partial charge in [0.05, 0.1) is 0 Å². The summed E-state index contributed by atoms with van der Waals surface area (Å²) in [5.74, 6) is 2.16. The molecule has 1 aromatic rings. The highest BCUT2D eigenvalue weighted by Crippen LogP contribution is 2.32. The topological polar surface area (TPSA) is 20.3 Å². The maximum atomic E-state index is 12.3. The van der Waals surface area contributed by atoms with Gasteiger partial charge in [-0.3, -0.25) is 9.69 Å². The predicted octanol–water partition coefficient (Wildman–Crippen LogP) is 4.60. The Labute approximate surface area is 133 Å². The van der Waals surface area contributed by atoms with Gasteiger partial charge in [-0.05, 0) is 50.0 Å². The van der Waals surface area contributed by atoms with E-state index in [2.05, 4.69) is 50.1 Å². The number of hydrogen-bond acceptors (Lipinski definition) is 3. The normalized spacial score (nSPS) is 23.5. The van der Waals surface area contributed by atoms with E-state index in [-0.39, 0.29) is 5.92 Å². The molecular formula is C18H29NOS. The summed E-state index contributed by atoms with van der Waals surface area (Å²) in [5, 5.41) is 2.13. The van der Waals surface area contributed by atoms with Gasteiger partial charge in [0, 0.05) is 36.3 Å². The molecule has 0 saturated heterocycles. The van der Waals surface area contributed by atoms with Crippen LogP contribution in [0, 0.1) is 17.8 Å². The van der Waals surface area contributed by atoms with Gasteiger partial charge in [-0.25, -0.2) is 0 Å². The molecule has 0 spiro atoms. The lowest BCUT2D eigenvalue weighted by Gasteiger charge is -2.35. The van der Waals surface area contributed by atoms with Crippen molar-refractivity contribution in [2.45, 2.75) is 59.5 Å². The molecule has 1 aliphatic carbocycles. The van der Waals surface area contributed by atoms with Crippen molar-refractivity contribution >= 4 is 17.1 Å². The van der Waals surface area contributed by atoms with E-state index in [9.17, 15) is 4.79 Å². The first-order valence-corrected chi connectivity index (χ1v) is 9.14. The summed E-state index contributed by atoms with van der Waals surface area (Å²) < 4.78 is 0. The van der Waals surface area contributed by atoms with E-state index in [0.29, 0.717) is 17.7 Å². The molecule has 0 amide bonds. The molecule has 21 heavy (non-hydrogen) atoms. The van der Waals surface area contributed by atoms with Crippen LogP contribution in [-0.2, 0) is 11.3 Å². The first-order chi connectivity index (χ1) is 9.97. The lowest BCUT2D eigenvalue weighted by Crippen LogP contribution is -2.40. The Morgan fingerprint density at radius 2 is 2.10 bits per heavy atom. The summed E-state index contributed by atoms with van der Waals surface area (Å²) in [7, 11) is 0. The van der Waals surface area contributed by atoms with Crippen LogP contribution in [0.3, 0.4) is 0 Å². The fourth-order valence-corrected chi connectivity index (χ4v) is 4.00. The highest BCUT2D eigenvalue weighted by molar-refractivity contribution is 7.09. The first-order valence-electron chi connectivity index (χ1n) is 8.26. The monoisotopic (exact) mass is 307 g/mol.